The van der Waals surface area contributed by atoms with Crippen molar-refractivity contribution in [3.63, 3.8) is 0 Å². The lowest BCUT2D eigenvalue weighted by atomic mass is 10.0. The van der Waals surface area contributed by atoms with Gasteiger partial charge in [-0.2, -0.15) is 0 Å². The molecular weight excluding hydrogens is 268 g/mol. The summed E-state index contributed by atoms with van der Waals surface area (Å²) in [7, 11) is 0. The number of rotatable bonds is 5. The molecule has 0 aliphatic carbocycles. The van der Waals surface area contributed by atoms with Crippen molar-refractivity contribution in [1.29, 1.82) is 0 Å². The van der Waals surface area contributed by atoms with Crippen LogP contribution >= 0.6 is 0 Å². The molecular formula is C16H20N2O3. The van der Waals surface area contributed by atoms with Crippen LogP contribution in [-0.4, -0.2) is 36.6 Å². The number of hydrogen-bond donors (Lipinski definition) is 3. The molecule has 0 unspecified atom stereocenters. The molecule has 1 rings (SSSR count). The molecule has 0 spiro atoms. The Morgan fingerprint density at radius 3 is 2.62 bits per heavy atom. The standard InChI is InChI=1S/C16H20N2O3/c1-12-6-7-14(5-3-4-10-19)11-15(12)16(21)18-9-8-17-13(2)20/h6-7,11,19H,4,8-10H2,1-2H3,(H,17,20)(H,18,21). The largest absolute Gasteiger partial charge is 0.395 e. The Morgan fingerprint density at radius 1 is 1.24 bits per heavy atom. The van der Waals surface area contributed by atoms with E-state index in [0.717, 1.165) is 11.1 Å². The highest BCUT2D eigenvalue weighted by Crippen LogP contribution is 2.10. The molecule has 0 saturated carbocycles. The first-order chi connectivity index (χ1) is 10.0. The second-order valence-corrected chi connectivity index (χ2v) is 4.54. The lowest BCUT2D eigenvalue weighted by Gasteiger charge is -2.08. The van der Waals surface area contributed by atoms with Crippen molar-refractivity contribution in [2.75, 3.05) is 19.7 Å². The Morgan fingerprint density at radius 2 is 1.95 bits per heavy atom. The van der Waals surface area contributed by atoms with E-state index in [1.165, 1.54) is 6.92 Å². The van der Waals surface area contributed by atoms with Gasteiger partial charge >= 0.3 is 0 Å². The Kier molecular flexibility index (Phi) is 6.99. The number of benzene rings is 1. The first-order valence-corrected chi connectivity index (χ1v) is 6.77. The maximum absolute atomic E-state index is 12.1. The van der Waals surface area contributed by atoms with Crippen molar-refractivity contribution in [1.82, 2.24) is 10.6 Å². The Balaban J connectivity index is 2.68. The van der Waals surface area contributed by atoms with Crippen LogP contribution in [0.25, 0.3) is 0 Å². The van der Waals surface area contributed by atoms with Gasteiger partial charge in [0.25, 0.3) is 5.91 Å². The van der Waals surface area contributed by atoms with Crippen molar-refractivity contribution < 1.29 is 14.7 Å². The fraction of sp³-hybridized carbons (Fsp3) is 0.375. The summed E-state index contributed by atoms with van der Waals surface area (Å²) in [6.07, 6.45) is 0.409. The summed E-state index contributed by atoms with van der Waals surface area (Å²) in [5.74, 6) is 5.41. The van der Waals surface area contributed by atoms with Crippen molar-refractivity contribution in [3.05, 3.63) is 34.9 Å². The van der Waals surface area contributed by atoms with Crippen molar-refractivity contribution in [3.8, 4) is 11.8 Å². The third kappa shape index (κ3) is 6.11. The molecule has 5 nitrogen and oxygen atoms in total. The van der Waals surface area contributed by atoms with Crippen LogP contribution in [0, 0.1) is 18.8 Å². The number of nitrogens with one attached hydrogen (secondary N) is 2. The van der Waals surface area contributed by atoms with Gasteiger partial charge in [-0.3, -0.25) is 9.59 Å². The van der Waals surface area contributed by atoms with E-state index in [1.807, 2.05) is 19.1 Å². The first kappa shape index (κ1) is 16.7. The van der Waals surface area contributed by atoms with E-state index in [0.29, 0.717) is 25.1 Å². The lowest BCUT2D eigenvalue weighted by Crippen LogP contribution is -2.33. The Hall–Kier alpha value is -2.32. The second kappa shape index (κ2) is 8.77. The summed E-state index contributed by atoms with van der Waals surface area (Å²) >= 11 is 0. The van der Waals surface area contributed by atoms with E-state index in [9.17, 15) is 9.59 Å². The summed E-state index contributed by atoms with van der Waals surface area (Å²) in [6.45, 7) is 4.08. The zero-order valence-corrected chi connectivity index (χ0v) is 12.3. The van der Waals surface area contributed by atoms with Gasteiger partial charge in [-0.05, 0) is 24.6 Å². The molecule has 0 bridgehead atoms. The van der Waals surface area contributed by atoms with Gasteiger partial charge in [-0.15, -0.1) is 0 Å². The number of aryl methyl sites for hydroxylation is 1. The third-order valence-electron chi connectivity index (χ3n) is 2.74. The molecule has 0 aliphatic heterocycles. The number of carbonyl (C=O) groups is 2. The molecule has 3 N–H and O–H groups in total. The quantitative estimate of drug-likeness (QED) is 0.548. The van der Waals surface area contributed by atoms with Crippen molar-refractivity contribution >= 4 is 11.8 Å². The minimum Gasteiger partial charge on any atom is -0.395 e. The molecule has 2 amide bonds. The summed E-state index contributed by atoms with van der Waals surface area (Å²) in [4.78, 5) is 22.8. The molecule has 0 heterocycles. The zero-order chi connectivity index (χ0) is 15.7. The number of amides is 2. The minimum atomic E-state index is -0.191. The molecule has 0 aliphatic rings. The molecule has 0 radical (unpaired) electrons. The van der Waals surface area contributed by atoms with E-state index in [2.05, 4.69) is 22.5 Å². The fourth-order valence-electron chi connectivity index (χ4n) is 1.67. The summed E-state index contributed by atoms with van der Waals surface area (Å²) in [5, 5.41) is 14.1. The smallest absolute Gasteiger partial charge is 0.251 e. The molecule has 21 heavy (non-hydrogen) atoms. The van der Waals surface area contributed by atoms with E-state index in [4.69, 9.17) is 5.11 Å². The van der Waals surface area contributed by atoms with Crippen LogP contribution in [0.5, 0.6) is 0 Å². The molecule has 112 valence electrons. The van der Waals surface area contributed by atoms with Gasteiger partial charge in [0.15, 0.2) is 0 Å². The minimum absolute atomic E-state index is 0.0232. The Labute approximate surface area is 124 Å². The Bertz CT molecular complexity index is 571. The van der Waals surface area contributed by atoms with Crippen LogP contribution in [0.3, 0.4) is 0 Å². The SMILES string of the molecule is CC(=O)NCCNC(=O)c1cc(C#CCCO)ccc1C. The van der Waals surface area contributed by atoms with Crippen molar-refractivity contribution in [2.24, 2.45) is 0 Å². The summed E-state index contributed by atoms with van der Waals surface area (Å²) in [5.41, 5.74) is 2.16. The average Bonchev–Trinajstić information content (AvgIpc) is 2.45. The molecule has 0 aromatic heterocycles. The fourth-order valence-corrected chi connectivity index (χ4v) is 1.67. The van der Waals surface area contributed by atoms with Gasteiger partial charge in [0.1, 0.15) is 0 Å². The first-order valence-electron chi connectivity index (χ1n) is 6.77. The van der Waals surface area contributed by atoms with Gasteiger partial charge in [-0.1, -0.05) is 17.9 Å². The average molecular weight is 288 g/mol. The van der Waals surface area contributed by atoms with Crippen LogP contribution in [0.1, 0.15) is 34.8 Å². The number of aliphatic hydroxyl groups is 1. The van der Waals surface area contributed by atoms with Gasteiger partial charge < -0.3 is 15.7 Å². The highest BCUT2D eigenvalue weighted by molar-refractivity contribution is 5.96. The van der Waals surface area contributed by atoms with Crippen LogP contribution < -0.4 is 10.6 Å². The normalized spacial score (nSPS) is 9.48. The second-order valence-electron chi connectivity index (χ2n) is 4.54. The number of carbonyl (C=O) groups excluding carboxylic acids is 2. The highest BCUT2D eigenvalue weighted by atomic mass is 16.2. The summed E-state index contributed by atoms with van der Waals surface area (Å²) in [6, 6.07) is 5.41. The van der Waals surface area contributed by atoms with E-state index >= 15 is 0 Å². The van der Waals surface area contributed by atoms with Gasteiger partial charge in [0, 0.05) is 37.6 Å². The van der Waals surface area contributed by atoms with Crippen LogP contribution in [0.4, 0.5) is 0 Å². The van der Waals surface area contributed by atoms with E-state index in [-0.39, 0.29) is 18.4 Å². The number of aliphatic hydroxyl groups excluding tert-OH is 1. The molecule has 0 fully saturated rings. The molecule has 0 atom stereocenters. The van der Waals surface area contributed by atoms with Gasteiger partial charge in [-0.25, -0.2) is 0 Å². The van der Waals surface area contributed by atoms with E-state index < -0.39 is 0 Å². The summed E-state index contributed by atoms with van der Waals surface area (Å²) < 4.78 is 0. The van der Waals surface area contributed by atoms with Crippen LogP contribution in [0.15, 0.2) is 18.2 Å². The number of hydrogen-bond acceptors (Lipinski definition) is 3. The highest BCUT2D eigenvalue weighted by Gasteiger charge is 2.08. The molecule has 0 saturated heterocycles. The monoisotopic (exact) mass is 288 g/mol. The topological polar surface area (TPSA) is 78.4 Å². The maximum Gasteiger partial charge on any atom is 0.251 e. The lowest BCUT2D eigenvalue weighted by molar-refractivity contribution is -0.118. The van der Waals surface area contributed by atoms with Crippen LogP contribution in [0.2, 0.25) is 0 Å². The predicted molar refractivity (Wildman–Crippen MR) is 80.8 cm³/mol. The predicted octanol–water partition coefficient (Wildman–Crippen LogP) is 0.595. The van der Waals surface area contributed by atoms with Crippen LogP contribution in [-0.2, 0) is 4.79 Å². The third-order valence-corrected chi connectivity index (χ3v) is 2.74. The van der Waals surface area contributed by atoms with Gasteiger partial charge in [0.2, 0.25) is 5.91 Å². The van der Waals surface area contributed by atoms with E-state index in [1.54, 1.807) is 6.07 Å². The molecule has 1 aromatic rings. The maximum atomic E-state index is 12.1. The van der Waals surface area contributed by atoms with Crippen molar-refractivity contribution in [2.45, 2.75) is 20.3 Å². The molecule has 5 heteroatoms. The van der Waals surface area contributed by atoms with Gasteiger partial charge in [0.05, 0.1) is 6.61 Å². The zero-order valence-electron chi connectivity index (χ0n) is 12.3. The molecule has 1 aromatic carbocycles.